The molecule has 1 aliphatic carbocycles. The van der Waals surface area contributed by atoms with E-state index in [1.165, 1.54) is 0 Å². The Morgan fingerprint density at radius 2 is 1.92 bits per heavy atom. The summed E-state index contributed by atoms with van der Waals surface area (Å²) < 4.78 is 10.6. The zero-order valence-electron chi connectivity index (χ0n) is 15.1. The first-order valence-electron chi connectivity index (χ1n) is 9.03. The van der Waals surface area contributed by atoms with Gasteiger partial charge in [0.05, 0.1) is 26.7 Å². The monoisotopic (exact) mass is 348 g/mol. The molecule has 2 atom stereocenters. The Hall–Kier alpha value is -1.79. The highest BCUT2D eigenvalue weighted by Crippen LogP contribution is 2.27. The van der Waals surface area contributed by atoms with Gasteiger partial charge in [-0.2, -0.15) is 0 Å². The number of hydrogen-bond acceptors (Lipinski definition) is 5. The molecule has 6 nitrogen and oxygen atoms in total. The van der Waals surface area contributed by atoms with Crippen LogP contribution < -0.4 is 9.47 Å². The number of nitrogens with zero attached hydrogens (tertiary/aromatic N) is 2. The molecule has 1 heterocycles. The Balaban J connectivity index is 1.56. The molecule has 1 saturated carbocycles. The highest BCUT2D eigenvalue weighted by atomic mass is 16.5. The molecular weight excluding hydrogens is 320 g/mol. The second kappa shape index (κ2) is 8.06. The van der Waals surface area contributed by atoms with E-state index in [4.69, 9.17) is 9.47 Å². The van der Waals surface area contributed by atoms with E-state index in [0.717, 1.165) is 56.8 Å². The van der Waals surface area contributed by atoms with Gasteiger partial charge in [0.25, 0.3) is 0 Å². The molecule has 1 saturated heterocycles. The third kappa shape index (κ3) is 4.07. The third-order valence-corrected chi connectivity index (χ3v) is 5.42. The summed E-state index contributed by atoms with van der Waals surface area (Å²) in [5.74, 6) is 1.52. The van der Waals surface area contributed by atoms with E-state index in [1.54, 1.807) is 14.2 Å². The van der Waals surface area contributed by atoms with Crippen LogP contribution in [0.4, 0.5) is 0 Å². The van der Waals surface area contributed by atoms with Gasteiger partial charge in [0, 0.05) is 43.9 Å². The van der Waals surface area contributed by atoms with Crippen LogP contribution >= 0.6 is 0 Å². The maximum absolute atomic E-state index is 12.7. The number of aliphatic hydroxyl groups is 1. The fourth-order valence-electron chi connectivity index (χ4n) is 3.92. The number of carbonyl (C=O) groups is 1. The number of hydrogen-bond donors (Lipinski definition) is 1. The van der Waals surface area contributed by atoms with Crippen LogP contribution in [0.1, 0.15) is 24.8 Å². The molecule has 25 heavy (non-hydrogen) atoms. The fraction of sp³-hybridized carbons (Fsp3) is 0.632. The summed E-state index contributed by atoms with van der Waals surface area (Å²) in [5, 5.41) is 10.1. The highest BCUT2D eigenvalue weighted by Gasteiger charge is 2.33. The summed E-state index contributed by atoms with van der Waals surface area (Å²) in [6.07, 6.45) is 3.20. The molecular formula is C19H28N2O4. The van der Waals surface area contributed by atoms with E-state index >= 15 is 0 Å². The van der Waals surface area contributed by atoms with Crippen LogP contribution in [-0.2, 0) is 11.2 Å². The van der Waals surface area contributed by atoms with Crippen molar-refractivity contribution in [3.63, 3.8) is 0 Å². The molecule has 1 N–H and O–H groups in total. The number of piperazine rings is 1. The molecule has 1 aliphatic heterocycles. The minimum absolute atomic E-state index is 0.120. The lowest BCUT2D eigenvalue weighted by atomic mass is 10.1. The molecule has 0 bridgehead atoms. The van der Waals surface area contributed by atoms with Gasteiger partial charge in [0.2, 0.25) is 5.91 Å². The number of amides is 1. The highest BCUT2D eigenvalue weighted by molar-refractivity contribution is 5.79. The zero-order chi connectivity index (χ0) is 17.8. The number of benzene rings is 1. The first-order chi connectivity index (χ1) is 12.1. The fourth-order valence-corrected chi connectivity index (χ4v) is 3.92. The van der Waals surface area contributed by atoms with Crippen LogP contribution in [0, 0.1) is 0 Å². The van der Waals surface area contributed by atoms with Crippen molar-refractivity contribution in [2.24, 2.45) is 0 Å². The van der Waals surface area contributed by atoms with Gasteiger partial charge in [-0.15, -0.1) is 0 Å². The minimum Gasteiger partial charge on any atom is -0.497 e. The molecule has 0 aromatic heterocycles. The molecule has 1 aromatic carbocycles. The summed E-state index contributed by atoms with van der Waals surface area (Å²) in [6.45, 7) is 3.13. The van der Waals surface area contributed by atoms with Gasteiger partial charge in [-0.1, -0.05) is 6.07 Å². The Morgan fingerprint density at radius 1 is 1.16 bits per heavy atom. The van der Waals surface area contributed by atoms with E-state index < -0.39 is 0 Å². The van der Waals surface area contributed by atoms with Crippen LogP contribution in [0.3, 0.4) is 0 Å². The second-order valence-electron chi connectivity index (χ2n) is 6.84. The van der Waals surface area contributed by atoms with Crippen molar-refractivity contribution in [2.45, 2.75) is 37.8 Å². The summed E-state index contributed by atoms with van der Waals surface area (Å²) in [6, 6.07) is 5.83. The van der Waals surface area contributed by atoms with Gasteiger partial charge in [0.1, 0.15) is 11.5 Å². The molecule has 138 valence electrons. The van der Waals surface area contributed by atoms with Crippen LogP contribution in [0.5, 0.6) is 11.5 Å². The predicted molar refractivity (Wildman–Crippen MR) is 95.0 cm³/mol. The number of ether oxygens (including phenoxy) is 2. The van der Waals surface area contributed by atoms with Crippen molar-refractivity contribution in [1.29, 1.82) is 0 Å². The molecule has 2 fully saturated rings. The Bertz CT molecular complexity index is 599. The summed E-state index contributed by atoms with van der Waals surface area (Å²) in [5.41, 5.74) is 0.877. The largest absolute Gasteiger partial charge is 0.497 e. The van der Waals surface area contributed by atoms with Gasteiger partial charge in [-0.3, -0.25) is 9.69 Å². The maximum atomic E-state index is 12.7. The molecule has 1 amide bonds. The lowest BCUT2D eigenvalue weighted by molar-refractivity contribution is -0.132. The van der Waals surface area contributed by atoms with Crippen molar-refractivity contribution in [3.05, 3.63) is 23.8 Å². The third-order valence-electron chi connectivity index (χ3n) is 5.42. The Labute approximate surface area is 149 Å². The quantitative estimate of drug-likeness (QED) is 0.869. The summed E-state index contributed by atoms with van der Waals surface area (Å²) in [7, 11) is 3.22. The topological polar surface area (TPSA) is 62.2 Å². The molecule has 1 aromatic rings. The van der Waals surface area contributed by atoms with Gasteiger partial charge >= 0.3 is 0 Å². The Morgan fingerprint density at radius 3 is 2.52 bits per heavy atom. The van der Waals surface area contributed by atoms with Crippen LogP contribution in [0.15, 0.2) is 18.2 Å². The van der Waals surface area contributed by atoms with Gasteiger partial charge in [0.15, 0.2) is 0 Å². The standard InChI is InChI=1S/C19H28N2O4/c1-24-15-7-6-14(18(13-15)25-2)12-19(23)21-10-8-20(9-11-21)16-4-3-5-17(16)22/h6-7,13,16-17,22H,3-5,8-12H2,1-2H3/t16-,17+/m1/s1. The lowest BCUT2D eigenvalue weighted by Crippen LogP contribution is -2.53. The van der Waals surface area contributed by atoms with Crippen LogP contribution in [0.2, 0.25) is 0 Å². The van der Waals surface area contributed by atoms with Crippen molar-refractivity contribution in [1.82, 2.24) is 9.80 Å². The van der Waals surface area contributed by atoms with E-state index in [2.05, 4.69) is 4.90 Å². The van der Waals surface area contributed by atoms with Crippen LogP contribution in [-0.4, -0.2) is 73.4 Å². The van der Waals surface area contributed by atoms with Crippen molar-refractivity contribution < 1.29 is 19.4 Å². The molecule has 6 heteroatoms. The van der Waals surface area contributed by atoms with Crippen molar-refractivity contribution in [2.75, 3.05) is 40.4 Å². The lowest BCUT2D eigenvalue weighted by Gasteiger charge is -2.39. The number of methoxy groups -OCH3 is 2. The molecule has 0 radical (unpaired) electrons. The summed E-state index contributed by atoms with van der Waals surface area (Å²) in [4.78, 5) is 16.9. The first-order valence-corrected chi connectivity index (χ1v) is 9.03. The Kier molecular flexibility index (Phi) is 5.81. The minimum atomic E-state index is -0.203. The van der Waals surface area contributed by atoms with Gasteiger partial charge in [-0.25, -0.2) is 0 Å². The number of aliphatic hydroxyl groups excluding tert-OH is 1. The molecule has 0 spiro atoms. The number of carbonyl (C=O) groups excluding carboxylic acids is 1. The van der Waals surface area contributed by atoms with E-state index in [-0.39, 0.29) is 18.1 Å². The summed E-state index contributed by atoms with van der Waals surface area (Å²) >= 11 is 0. The van der Waals surface area contributed by atoms with Crippen molar-refractivity contribution in [3.8, 4) is 11.5 Å². The first kappa shape index (κ1) is 18.0. The van der Waals surface area contributed by atoms with E-state index in [1.807, 2.05) is 23.1 Å². The average molecular weight is 348 g/mol. The molecule has 0 unspecified atom stereocenters. The van der Waals surface area contributed by atoms with E-state index in [9.17, 15) is 9.90 Å². The van der Waals surface area contributed by atoms with Crippen molar-refractivity contribution >= 4 is 5.91 Å². The second-order valence-corrected chi connectivity index (χ2v) is 6.84. The van der Waals surface area contributed by atoms with E-state index in [0.29, 0.717) is 12.2 Å². The zero-order valence-corrected chi connectivity index (χ0v) is 15.1. The normalized spacial score (nSPS) is 24.4. The predicted octanol–water partition coefficient (Wildman–Crippen LogP) is 1.30. The average Bonchev–Trinajstić information content (AvgIpc) is 3.08. The number of rotatable bonds is 5. The molecule has 2 aliphatic rings. The van der Waals surface area contributed by atoms with Crippen LogP contribution in [0.25, 0.3) is 0 Å². The molecule has 3 rings (SSSR count). The van der Waals surface area contributed by atoms with Gasteiger partial charge in [-0.05, 0) is 25.3 Å². The SMILES string of the molecule is COc1ccc(CC(=O)N2CCN([C@@H]3CCC[C@@H]3O)CC2)c(OC)c1. The van der Waals surface area contributed by atoms with Gasteiger partial charge < -0.3 is 19.5 Å². The smallest absolute Gasteiger partial charge is 0.227 e. The maximum Gasteiger partial charge on any atom is 0.227 e.